The molecule has 0 aromatic carbocycles. The van der Waals surface area contributed by atoms with Crippen LogP contribution < -0.4 is 4.89 Å². The minimum absolute atomic E-state index is 0.0369. The van der Waals surface area contributed by atoms with Gasteiger partial charge in [-0.15, -0.1) is 0 Å². The molecule has 0 fully saturated rings. The number of quaternary nitrogens is 1. The maximum Gasteiger partial charge on any atom is 0.306 e. The van der Waals surface area contributed by atoms with Crippen molar-refractivity contribution in [1.29, 1.82) is 0 Å². The number of carbonyl (C=O) groups excluding carboxylic acids is 2. The van der Waals surface area contributed by atoms with Crippen molar-refractivity contribution in [2.45, 2.75) is 161 Å². The number of hydrogen-bond donors (Lipinski definition) is 0. The third kappa shape index (κ3) is 37.7. The van der Waals surface area contributed by atoms with E-state index in [4.69, 9.17) is 18.5 Å². The van der Waals surface area contributed by atoms with Crippen LogP contribution in [-0.2, 0) is 32.7 Å². The number of rotatable bonds is 36. The van der Waals surface area contributed by atoms with E-state index in [0.29, 0.717) is 23.9 Å². The minimum Gasteiger partial charge on any atom is -0.756 e. The molecule has 0 N–H and O–H groups in total. The first kappa shape index (κ1) is 50.0. The Labute approximate surface area is 318 Å². The molecule has 1 unspecified atom stereocenters. The summed E-state index contributed by atoms with van der Waals surface area (Å²) in [6.45, 7) is 4.05. The lowest BCUT2D eigenvalue weighted by Gasteiger charge is -2.28. The molecule has 0 aliphatic carbocycles. The highest BCUT2D eigenvalue weighted by atomic mass is 31.2. The molecule has 10 heteroatoms. The van der Waals surface area contributed by atoms with E-state index in [0.717, 1.165) is 83.5 Å². The number of carbonyl (C=O) groups is 2. The summed E-state index contributed by atoms with van der Waals surface area (Å²) in [7, 11) is 1.14. The second-order valence-electron chi connectivity index (χ2n) is 14.6. The number of hydrogen-bond acceptors (Lipinski definition) is 8. The summed E-state index contributed by atoms with van der Waals surface area (Å²) < 4.78 is 33.8. The Kier molecular flexibility index (Phi) is 33.4. The van der Waals surface area contributed by atoms with E-state index in [1.54, 1.807) is 0 Å². The predicted molar refractivity (Wildman–Crippen MR) is 213 cm³/mol. The van der Waals surface area contributed by atoms with Gasteiger partial charge in [0.25, 0.3) is 7.82 Å². The Bertz CT molecular complexity index is 1030. The summed E-state index contributed by atoms with van der Waals surface area (Å²) in [6.07, 6.45) is 38.5. The van der Waals surface area contributed by atoms with E-state index in [9.17, 15) is 19.0 Å². The second kappa shape index (κ2) is 34.7. The molecule has 0 aliphatic rings. The monoisotopic (exact) mass is 754 g/mol. The Morgan fingerprint density at radius 1 is 0.615 bits per heavy atom. The normalized spacial score (nSPS) is 14.2. The fourth-order valence-corrected chi connectivity index (χ4v) is 5.86. The van der Waals surface area contributed by atoms with Crippen LogP contribution in [-0.4, -0.2) is 70.0 Å². The molecular weight excluding hydrogens is 677 g/mol. The summed E-state index contributed by atoms with van der Waals surface area (Å²) in [6, 6.07) is 0. The first-order valence-electron chi connectivity index (χ1n) is 20.3. The average molecular weight is 754 g/mol. The van der Waals surface area contributed by atoms with Gasteiger partial charge >= 0.3 is 11.9 Å². The van der Waals surface area contributed by atoms with Crippen LogP contribution in [0.25, 0.3) is 0 Å². The Morgan fingerprint density at radius 2 is 1.10 bits per heavy atom. The molecule has 2 atom stereocenters. The summed E-state index contributed by atoms with van der Waals surface area (Å²) >= 11 is 0. The Hall–Kier alpha value is -2.03. The van der Waals surface area contributed by atoms with Gasteiger partial charge in [0, 0.05) is 12.8 Å². The molecule has 302 valence electrons. The summed E-state index contributed by atoms with van der Waals surface area (Å²) in [5.41, 5.74) is 0. The highest BCUT2D eigenvalue weighted by molar-refractivity contribution is 7.45. The SMILES string of the molecule is CC/C=C/C/C=C/C/C=C/CCCCCCCC(=O)OC[C@H](COP(=O)([O-])OCC[N+](C)(C)C)OC(=O)CCCCCCC/C=C/CCCCCC. The van der Waals surface area contributed by atoms with Crippen molar-refractivity contribution >= 4 is 19.8 Å². The van der Waals surface area contributed by atoms with Gasteiger partial charge in [-0.3, -0.25) is 14.2 Å². The molecule has 9 nitrogen and oxygen atoms in total. The number of phosphoric ester groups is 1. The lowest BCUT2D eigenvalue weighted by atomic mass is 10.1. The number of phosphoric acid groups is 1. The Morgan fingerprint density at radius 3 is 1.65 bits per heavy atom. The van der Waals surface area contributed by atoms with Crippen molar-refractivity contribution in [2.24, 2.45) is 0 Å². The lowest BCUT2D eigenvalue weighted by molar-refractivity contribution is -0.870. The summed E-state index contributed by atoms with van der Waals surface area (Å²) in [5.74, 6) is -0.869. The topological polar surface area (TPSA) is 111 Å². The predicted octanol–water partition coefficient (Wildman–Crippen LogP) is 10.5. The number of likely N-dealkylation sites (N-methyl/N-ethyl adjacent to an activating group) is 1. The van der Waals surface area contributed by atoms with Gasteiger partial charge in [0.2, 0.25) is 0 Å². The van der Waals surface area contributed by atoms with E-state index in [1.807, 2.05) is 21.1 Å². The molecule has 0 bridgehead atoms. The van der Waals surface area contributed by atoms with Crippen LogP contribution in [0.3, 0.4) is 0 Å². The molecule has 0 spiro atoms. The van der Waals surface area contributed by atoms with Crippen LogP contribution in [0.15, 0.2) is 48.6 Å². The van der Waals surface area contributed by atoms with Gasteiger partial charge in [-0.25, -0.2) is 0 Å². The molecule has 0 aromatic heterocycles. The van der Waals surface area contributed by atoms with Crippen molar-refractivity contribution in [3.8, 4) is 0 Å². The van der Waals surface area contributed by atoms with Gasteiger partial charge in [-0.1, -0.05) is 120 Å². The van der Waals surface area contributed by atoms with E-state index in [1.165, 1.54) is 32.1 Å². The minimum atomic E-state index is -4.63. The molecule has 0 rings (SSSR count). The van der Waals surface area contributed by atoms with Crippen molar-refractivity contribution in [3.05, 3.63) is 48.6 Å². The van der Waals surface area contributed by atoms with Crippen LogP contribution in [0.4, 0.5) is 0 Å². The molecule has 0 aliphatic heterocycles. The zero-order valence-corrected chi connectivity index (χ0v) is 34.6. The molecule has 0 saturated heterocycles. The average Bonchev–Trinajstić information content (AvgIpc) is 3.09. The molecule has 0 amide bonds. The fourth-order valence-electron chi connectivity index (χ4n) is 5.13. The maximum atomic E-state index is 12.6. The Balaban J connectivity index is 4.45. The van der Waals surface area contributed by atoms with Gasteiger partial charge in [-0.2, -0.15) is 0 Å². The summed E-state index contributed by atoms with van der Waals surface area (Å²) in [4.78, 5) is 37.4. The molecule has 0 saturated carbocycles. The van der Waals surface area contributed by atoms with Crippen LogP contribution in [0.2, 0.25) is 0 Å². The van der Waals surface area contributed by atoms with E-state index < -0.39 is 32.5 Å². The second-order valence-corrected chi connectivity index (χ2v) is 16.0. The van der Waals surface area contributed by atoms with Crippen molar-refractivity contribution in [2.75, 3.05) is 47.5 Å². The van der Waals surface area contributed by atoms with Crippen molar-refractivity contribution in [1.82, 2.24) is 0 Å². The number of unbranched alkanes of at least 4 members (excludes halogenated alkanes) is 14. The number of allylic oxidation sites excluding steroid dienone is 8. The van der Waals surface area contributed by atoms with Crippen molar-refractivity contribution in [3.63, 3.8) is 0 Å². The number of ether oxygens (including phenoxy) is 2. The standard InChI is InChI=1S/C42H76NO8P/c1-6-8-10-12-14-16-18-20-21-23-24-26-28-30-32-34-41(44)48-38-40(39-50-52(46,47)49-37-36-43(3,4)5)51-42(45)35-33-31-29-27-25-22-19-17-15-13-11-9-7-2/h8,10,14,16-17,19-21,40H,6-7,9,11-13,15,18,22-39H2,1-5H3/b10-8+,16-14+,19-17+,21-20+/t40-/m1/s1. The summed E-state index contributed by atoms with van der Waals surface area (Å²) in [5, 5.41) is 0. The lowest BCUT2D eigenvalue weighted by Crippen LogP contribution is -2.37. The van der Waals surface area contributed by atoms with Gasteiger partial charge in [0.1, 0.15) is 19.8 Å². The molecule has 0 heterocycles. The van der Waals surface area contributed by atoms with Crippen LogP contribution >= 0.6 is 7.82 Å². The largest absolute Gasteiger partial charge is 0.756 e. The zero-order valence-electron chi connectivity index (χ0n) is 33.7. The quantitative estimate of drug-likeness (QED) is 0.0204. The molecule has 52 heavy (non-hydrogen) atoms. The first-order chi connectivity index (χ1) is 25.0. The third-order valence-electron chi connectivity index (χ3n) is 8.33. The van der Waals surface area contributed by atoms with Gasteiger partial charge < -0.3 is 27.9 Å². The third-order valence-corrected chi connectivity index (χ3v) is 9.30. The van der Waals surface area contributed by atoms with Crippen molar-refractivity contribution < 1.29 is 42.1 Å². The van der Waals surface area contributed by atoms with E-state index in [2.05, 4.69) is 62.5 Å². The first-order valence-corrected chi connectivity index (χ1v) is 21.8. The highest BCUT2D eigenvalue weighted by Gasteiger charge is 2.21. The van der Waals surface area contributed by atoms with Gasteiger partial charge in [-0.05, 0) is 70.6 Å². The molecule has 0 radical (unpaired) electrons. The maximum absolute atomic E-state index is 12.6. The van der Waals surface area contributed by atoms with Gasteiger partial charge in [0.15, 0.2) is 6.10 Å². The molecule has 0 aromatic rings. The zero-order chi connectivity index (χ0) is 38.6. The van der Waals surface area contributed by atoms with E-state index in [-0.39, 0.29) is 26.1 Å². The molecular formula is C42H76NO8P. The van der Waals surface area contributed by atoms with Gasteiger partial charge in [0.05, 0.1) is 27.7 Å². The van der Waals surface area contributed by atoms with Crippen LogP contribution in [0, 0.1) is 0 Å². The highest BCUT2D eigenvalue weighted by Crippen LogP contribution is 2.38. The van der Waals surface area contributed by atoms with E-state index >= 15 is 0 Å². The number of nitrogens with zero attached hydrogens (tertiary/aromatic N) is 1. The van der Waals surface area contributed by atoms with Crippen LogP contribution in [0.1, 0.15) is 155 Å². The fraction of sp³-hybridized carbons (Fsp3) is 0.762. The smallest absolute Gasteiger partial charge is 0.306 e. The number of esters is 2. The van der Waals surface area contributed by atoms with Crippen LogP contribution in [0.5, 0.6) is 0 Å².